The van der Waals surface area contributed by atoms with Gasteiger partial charge in [-0.1, -0.05) is 24.3 Å². The van der Waals surface area contributed by atoms with E-state index in [1.54, 1.807) is 26.4 Å². The van der Waals surface area contributed by atoms with Crippen LogP contribution in [-0.4, -0.2) is 29.9 Å². The summed E-state index contributed by atoms with van der Waals surface area (Å²) in [5.74, 6) is 0. The van der Waals surface area contributed by atoms with Gasteiger partial charge in [-0.2, -0.15) is 0 Å². The topological polar surface area (TPSA) is 44.5 Å². The highest BCUT2D eigenvalue weighted by Gasteiger charge is 2.14. The van der Waals surface area contributed by atoms with E-state index < -0.39 is 5.34 Å². The number of rotatable bonds is 4. The smallest absolute Gasteiger partial charge is 0.183 e. The second-order valence-electron chi connectivity index (χ2n) is 3.36. The molecular weight excluding hydrogens is 188 g/mol. The molecule has 3 nitrogen and oxygen atoms in total. The number of hydrogen-bond acceptors (Lipinski definition) is 3. The van der Waals surface area contributed by atoms with Crippen molar-refractivity contribution in [1.29, 1.82) is 0 Å². The van der Waals surface area contributed by atoms with Crippen molar-refractivity contribution in [3.63, 3.8) is 0 Å². The van der Waals surface area contributed by atoms with Crippen molar-refractivity contribution in [1.82, 2.24) is 0 Å². The van der Waals surface area contributed by atoms with E-state index in [4.69, 9.17) is 30.9 Å². The first kappa shape index (κ1) is 12.3. The molecule has 5 heteroatoms. The molecule has 0 heterocycles. The summed E-state index contributed by atoms with van der Waals surface area (Å²) >= 11 is 0. The van der Waals surface area contributed by atoms with Gasteiger partial charge in [0, 0.05) is 19.8 Å². The Bertz CT molecular complexity index is 304. The Hall–Kier alpha value is -0.770. The summed E-state index contributed by atoms with van der Waals surface area (Å²) in [7, 11) is 14.2. The Morgan fingerprint density at radius 3 is 1.93 bits per heavy atom. The number of ether oxygens (including phenoxy) is 2. The monoisotopic (exact) mass is 201 g/mol. The van der Waals surface area contributed by atoms with Gasteiger partial charge in [0.2, 0.25) is 0 Å². The van der Waals surface area contributed by atoms with Crippen molar-refractivity contribution in [2.75, 3.05) is 14.2 Å². The van der Waals surface area contributed by atoms with E-state index in [0.29, 0.717) is 5.56 Å². The first-order valence-corrected chi connectivity index (χ1v) is 4.51. The first-order chi connectivity index (χ1) is 6.99. The highest BCUT2D eigenvalue weighted by Crippen LogP contribution is 2.19. The molecule has 0 amide bonds. The molecule has 4 radical (unpaired) electrons. The van der Waals surface area contributed by atoms with E-state index in [0.717, 1.165) is 5.56 Å². The van der Waals surface area contributed by atoms with Crippen molar-refractivity contribution < 1.29 is 9.47 Å². The lowest BCUT2D eigenvalue weighted by molar-refractivity contribution is -0.106. The minimum absolute atomic E-state index is 0.387. The fraction of sp³-hybridized carbons (Fsp3) is 0.400. The molecule has 2 N–H and O–H groups in total. The second kappa shape index (κ2) is 4.84. The van der Waals surface area contributed by atoms with E-state index in [1.165, 1.54) is 0 Å². The Kier molecular flexibility index (Phi) is 3.96. The Morgan fingerprint density at radius 2 is 1.60 bits per heavy atom. The number of nitrogens with two attached hydrogens (primary N) is 1. The molecule has 0 atom stereocenters. The minimum atomic E-state index is -1.31. The lowest BCUT2D eigenvalue weighted by Crippen LogP contribution is -2.37. The van der Waals surface area contributed by atoms with Gasteiger partial charge in [0.15, 0.2) is 6.29 Å². The van der Waals surface area contributed by atoms with Crippen molar-refractivity contribution >= 4 is 15.7 Å². The molecule has 0 aliphatic heterocycles. The van der Waals surface area contributed by atoms with Crippen LogP contribution in [0.1, 0.15) is 17.4 Å². The second-order valence-corrected chi connectivity index (χ2v) is 3.36. The standard InChI is InChI=1S/C10H13B2NO2/c1-14-9(15-2)7-3-5-8(6-4-7)10(11,12)13/h3-6,9H,13H2,1-2H3. The summed E-state index contributed by atoms with van der Waals surface area (Å²) in [6, 6.07) is 7.13. The molecule has 0 saturated carbocycles. The molecule has 0 fully saturated rings. The Morgan fingerprint density at radius 1 is 1.13 bits per heavy atom. The van der Waals surface area contributed by atoms with Crippen molar-refractivity contribution in [3.8, 4) is 0 Å². The van der Waals surface area contributed by atoms with Gasteiger partial charge in [-0.3, -0.25) is 0 Å². The molecule has 1 aromatic rings. The van der Waals surface area contributed by atoms with Crippen molar-refractivity contribution in [3.05, 3.63) is 35.4 Å². The summed E-state index contributed by atoms with van der Waals surface area (Å²) in [4.78, 5) is 0. The van der Waals surface area contributed by atoms with Gasteiger partial charge in [-0.05, 0) is 10.9 Å². The molecule has 1 aromatic carbocycles. The minimum Gasteiger partial charge on any atom is -0.352 e. The molecular formula is C10H13B2NO2. The van der Waals surface area contributed by atoms with Crippen molar-refractivity contribution in [2.45, 2.75) is 11.6 Å². The molecule has 0 aliphatic rings. The highest BCUT2D eigenvalue weighted by atomic mass is 16.7. The SMILES string of the molecule is [B]C([B])(N)c1ccc(C(OC)OC)cc1. The highest BCUT2D eigenvalue weighted by molar-refractivity contribution is 6.39. The van der Waals surface area contributed by atoms with Crippen LogP contribution >= 0.6 is 0 Å². The van der Waals surface area contributed by atoms with Gasteiger partial charge < -0.3 is 15.2 Å². The fourth-order valence-electron chi connectivity index (χ4n) is 1.30. The van der Waals surface area contributed by atoms with Crippen LogP contribution in [0.3, 0.4) is 0 Å². The zero-order chi connectivity index (χ0) is 11.5. The predicted octanol–water partition coefficient (Wildman–Crippen LogP) is 0.384. The molecule has 0 bridgehead atoms. The normalized spacial score (nSPS) is 12.0. The van der Waals surface area contributed by atoms with Crippen LogP contribution in [0.25, 0.3) is 0 Å². The first-order valence-electron chi connectivity index (χ1n) is 4.51. The zero-order valence-corrected chi connectivity index (χ0v) is 8.94. The van der Waals surface area contributed by atoms with E-state index in [1.807, 2.05) is 12.1 Å². The molecule has 0 aliphatic carbocycles. The van der Waals surface area contributed by atoms with Gasteiger partial charge in [0.1, 0.15) is 0 Å². The van der Waals surface area contributed by atoms with Crippen LogP contribution < -0.4 is 5.73 Å². The Labute approximate surface area is 92.8 Å². The van der Waals surface area contributed by atoms with Crippen molar-refractivity contribution in [2.24, 2.45) is 5.73 Å². The van der Waals surface area contributed by atoms with Gasteiger partial charge in [-0.25, -0.2) is 0 Å². The third-order valence-electron chi connectivity index (χ3n) is 2.11. The maximum absolute atomic E-state index is 5.54. The van der Waals surface area contributed by atoms with Crippen LogP contribution in [0.2, 0.25) is 0 Å². The third-order valence-corrected chi connectivity index (χ3v) is 2.11. The molecule has 0 spiro atoms. The van der Waals surface area contributed by atoms with Crippen LogP contribution in [0.5, 0.6) is 0 Å². The van der Waals surface area contributed by atoms with Gasteiger partial charge in [0.05, 0.1) is 15.7 Å². The molecule has 0 saturated heterocycles. The summed E-state index contributed by atoms with van der Waals surface area (Å²) in [6.07, 6.45) is -0.387. The molecule has 76 valence electrons. The van der Waals surface area contributed by atoms with E-state index in [9.17, 15) is 0 Å². The number of benzene rings is 1. The lowest BCUT2D eigenvalue weighted by Gasteiger charge is -2.21. The van der Waals surface area contributed by atoms with Crippen LogP contribution in [0.4, 0.5) is 0 Å². The molecule has 15 heavy (non-hydrogen) atoms. The summed E-state index contributed by atoms with van der Waals surface area (Å²) in [5.41, 5.74) is 7.07. The van der Waals surface area contributed by atoms with Crippen LogP contribution in [0.15, 0.2) is 24.3 Å². The van der Waals surface area contributed by atoms with E-state index >= 15 is 0 Å². The van der Waals surface area contributed by atoms with Crippen LogP contribution in [-0.2, 0) is 14.8 Å². The maximum Gasteiger partial charge on any atom is 0.183 e. The van der Waals surface area contributed by atoms with Gasteiger partial charge >= 0.3 is 0 Å². The third kappa shape index (κ3) is 3.09. The fourth-order valence-corrected chi connectivity index (χ4v) is 1.30. The lowest BCUT2D eigenvalue weighted by atomic mass is 9.59. The van der Waals surface area contributed by atoms with Crippen LogP contribution in [0, 0.1) is 0 Å². The number of hydrogen-bond donors (Lipinski definition) is 1. The molecule has 1 rings (SSSR count). The zero-order valence-electron chi connectivity index (χ0n) is 8.94. The largest absolute Gasteiger partial charge is 0.352 e. The van der Waals surface area contributed by atoms with E-state index in [2.05, 4.69) is 0 Å². The summed E-state index contributed by atoms with van der Waals surface area (Å²) < 4.78 is 10.2. The Balaban J connectivity index is 2.89. The predicted molar refractivity (Wildman–Crippen MR) is 60.6 cm³/mol. The quantitative estimate of drug-likeness (QED) is 0.565. The summed E-state index contributed by atoms with van der Waals surface area (Å²) in [6.45, 7) is 0. The molecule has 0 unspecified atom stereocenters. The van der Waals surface area contributed by atoms with E-state index in [-0.39, 0.29) is 6.29 Å². The maximum atomic E-state index is 5.54. The average Bonchev–Trinajstić information content (AvgIpc) is 2.19. The van der Waals surface area contributed by atoms with Gasteiger partial charge in [0.25, 0.3) is 0 Å². The average molecular weight is 201 g/mol. The summed E-state index contributed by atoms with van der Waals surface area (Å²) in [5, 5.41) is -1.31. The molecule has 0 aromatic heterocycles. The van der Waals surface area contributed by atoms with Gasteiger partial charge in [-0.15, -0.1) is 0 Å². The number of methoxy groups -OCH3 is 2.